The molecule has 0 atom stereocenters. The third-order valence-corrected chi connectivity index (χ3v) is 4.16. The molecule has 0 aliphatic rings. The molecule has 2 aromatic rings. The number of hydrogen-bond acceptors (Lipinski definition) is 5. The van der Waals surface area contributed by atoms with E-state index in [4.69, 9.17) is 0 Å². The molecule has 6 heteroatoms. The highest BCUT2D eigenvalue weighted by Gasteiger charge is 1.97. The molecule has 2 rings (SSSR count). The molecule has 0 unspecified atom stereocenters. The van der Waals surface area contributed by atoms with Crippen LogP contribution in [0.3, 0.4) is 0 Å². The van der Waals surface area contributed by atoms with E-state index in [0.717, 1.165) is 27.5 Å². The zero-order valence-electron chi connectivity index (χ0n) is 11.0. The summed E-state index contributed by atoms with van der Waals surface area (Å²) in [5, 5.41) is 1.88. The lowest BCUT2D eigenvalue weighted by molar-refractivity contribution is 0.791. The first-order valence-corrected chi connectivity index (χ1v) is 7.90. The standard InChI is InChI=1S/C13H16N4S2/c1-11-5-6-14-12(16-11)18-9-3-4-10-19-13-15-7-8-17(13)2/h3-8H,9-10H2,1-2H3. The largest absolute Gasteiger partial charge is 0.329 e. The van der Waals surface area contributed by atoms with Crippen molar-refractivity contribution in [1.82, 2.24) is 19.5 Å². The highest BCUT2D eigenvalue weighted by atomic mass is 32.2. The predicted octanol–water partition coefficient (Wildman–Crippen LogP) is 2.96. The van der Waals surface area contributed by atoms with Crippen molar-refractivity contribution in [2.24, 2.45) is 7.05 Å². The Morgan fingerprint density at radius 1 is 1.16 bits per heavy atom. The van der Waals surface area contributed by atoms with Gasteiger partial charge < -0.3 is 4.57 Å². The van der Waals surface area contributed by atoms with Gasteiger partial charge in [0.2, 0.25) is 0 Å². The van der Waals surface area contributed by atoms with Gasteiger partial charge in [0, 0.05) is 42.8 Å². The topological polar surface area (TPSA) is 43.6 Å². The SMILES string of the molecule is Cc1ccnc(SCC=CCSc2nccn2C)n1. The minimum absolute atomic E-state index is 0.835. The van der Waals surface area contributed by atoms with E-state index in [9.17, 15) is 0 Å². The van der Waals surface area contributed by atoms with E-state index in [1.165, 1.54) is 0 Å². The molecule has 100 valence electrons. The van der Waals surface area contributed by atoms with Crippen molar-refractivity contribution in [3.8, 4) is 0 Å². The van der Waals surface area contributed by atoms with Gasteiger partial charge in [0.1, 0.15) is 0 Å². The Kier molecular flexibility index (Phi) is 5.47. The molecule has 19 heavy (non-hydrogen) atoms. The minimum atomic E-state index is 0.835. The van der Waals surface area contributed by atoms with Gasteiger partial charge in [-0.25, -0.2) is 15.0 Å². The van der Waals surface area contributed by atoms with Gasteiger partial charge in [0.05, 0.1) is 0 Å². The molecule has 0 amide bonds. The number of rotatable bonds is 6. The summed E-state index contributed by atoms with van der Waals surface area (Å²) in [6, 6.07) is 1.91. The monoisotopic (exact) mass is 292 g/mol. The molecule has 2 heterocycles. The molecule has 0 spiro atoms. The van der Waals surface area contributed by atoms with E-state index in [1.54, 1.807) is 29.7 Å². The van der Waals surface area contributed by atoms with E-state index >= 15 is 0 Å². The first kappa shape index (κ1) is 14.1. The molecule has 0 saturated heterocycles. The van der Waals surface area contributed by atoms with Crippen molar-refractivity contribution in [3.05, 3.63) is 42.5 Å². The summed E-state index contributed by atoms with van der Waals surface area (Å²) < 4.78 is 2.02. The lowest BCUT2D eigenvalue weighted by Gasteiger charge is -1.98. The van der Waals surface area contributed by atoms with Gasteiger partial charge in [0.15, 0.2) is 10.3 Å². The van der Waals surface area contributed by atoms with Gasteiger partial charge >= 0.3 is 0 Å². The van der Waals surface area contributed by atoms with Crippen LogP contribution in [0.4, 0.5) is 0 Å². The van der Waals surface area contributed by atoms with Crippen molar-refractivity contribution in [2.75, 3.05) is 11.5 Å². The third kappa shape index (κ3) is 4.72. The van der Waals surface area contributed by atoms with Crippen molar-refractivity contribution < 1.29 is 0 Å². The molecule has 0 aliphatic heterocycles. The lowest BCUT2D eigenvalue weighted by atomic mass is 10.5. The fourth-order valence-corrected chi connectivity index (χ4v) is 2.87. The molecule has 0 fully saturated rings. The Labute approximate surface area is 121 Å². The highest BCUT2D eigenvalue weighted by molar-refractivity contribution is 7.99. The van der Waals surface area contributed by atoms with Crippen LogP contribution in [0.1, 0.15) is 5.69 Å². The lowest BCUT2D eigenvalue weighted by Crippen LogP contribution is -1.89. The van der Waals surface area contributed by atoms with Gasteiger partial charge in [-0.15, -0.1) is 0 Å². The van der Waals surface area contributed by atoms with Crippen LogP contribution in [0.25, 0.3) is 0 Å². The van der Waals surface area contributed by atoms with Crippen LogP contribution < -0.4 is 0 Å². The molecule has 4 nitrogen and oxygen atoms in total. The molecular formula is C13H16N4S2. The predicted molar refractivity (Wildman–Crippen MR) is 80.6 cm³/mol. The van der Waals surface area contributed by atoms with E-state index in [0.29, 0.717) is 0 Å². The average molecular weight is 292 g/mol. The van der Waals surface area contributed by atoms with E-state index < -0.39 is 0 Å². The molecule has 0 saturated carbocycles. The number of nitrogens with zero attached hydrogens (tertiary/aromatic N) is 4. The van der Waals surface area contributed by atoms with Crippen LogP contribution in [0, 0.1) is 6.92 Å². The summed E-state index contributed by atoms with van der Waals surface area (Å²) in [5.74, 6) is 1.82. The summed E-state index contributed by atoms with van der Waals surface area (Å²) in [6.45, 7) is 1.98. The number of imidazole rings is 1. The first-order chi connectivity index (χ1) is 9.25. The number of aromatic nitrogens is 4. The van der Waals surface area contributed by atoms with Crippen LogP contribution >= 0.6 is 23.5 Å². The molecule has 0 radical (unpaired) electrons. The first-order valence-electron chi connectivity index (χ1n) is 5.93. The summed E-state index contributed by atoms with van der Waals surface area (Å²) >= 11 is 3.37. The number of hydrogen-bond donors (Lipinski definition) is 0. The van der Waals surface area contributed by atoms with Crippen molar-refractivity contribution in [2.45, 2.75) is 17.2 Å². The van der Waals surface area contributed by atoms with Gasteiger partial charge in [0.25, 0.3) is 0 Å². The Balaban J connectivity index is 1.68. The quantitative estimate of drug-likeness (QED) is 0.465. The molecule has 0 aliphatic carbocycles. The molecule has 0 aromatic carbocycles. The Morgan fingerprint density at radius 3 is 2.63 bits per heavy atom. The van der Waals surface area contributed by atoms with Crippen LogP contribution in [0.2, 0.25) is 0 Å². The second kappa shape index (κ2) is 7.35. The Bertz CT molecular complexity index is 551. The molecule has 0 bridgehead atoms. The zero-order valence-corrected chi connectivity index (χ0v) is 12.6. The van der Waals surface area contributed by atoms with Crippen molar-refractivity contribution in [1.29, 1.82) is 0 Å². The Hall–Kier alpha value is -1.27. The molecular weight excluding hydrogens is 276 g/mol. The maximum atomic E-state index is 4.34. The number of thioether (sulfide) groups is 2. The zero-order chi connectivity index (χ0) is 13.5. The summed E-state index contributed by atoms with van der Waals surface area (Å²) in [4.78, 5) is 12.8. The fraction of sp³-hybridized carbons (Fsp3) is 0.308. The maximum Gasteiger partial charge on any atom is 0.188 e. The average Bonchev–Trinajstić information content (AvgIpc) is 2.79. The normalized spacial score (nSPS) is 11.3. The van der Waals surface area contributed by atoms with E-state index in [-0.39, 0.29) is 0 Å². The second-order valence-corrected chi connectivity index (χ2v) is 5.87. The van der Waals surface area contributed by atoms with Crippen molar-refractivity contribution >= 4 is 23.5 Å². The third-order valence-electron chi connectivity index (χ3n) is 2.33. The van der Waals surface area contributed by atoms with Crippen LogP contribution in [0.5, 0.6) is 0 Å². The smallest absolute Gasteiger partial charge is 0.188 e. The van der Waals surface area contributed by atoms with Crippen LogP contribution in [0.15, 0.2) is 47.1 Å². The molecule has 2 aromatic heterocycles. The van der Waals surface area contributed by atoms with Gasteiger partial charge in [-0.3, -0.25) is 0 Å². The van der Waals surface area contributed by atoms with E-state index in [1.807, 2.05) is 37.0 Å². The minimum Gasteiger partial charge on any atom is -0.329 e. The second-order valence-electron chi connectivity index (χ2n) is 3.89. The van der Waals surface area contributed by atoms with Gasteiger partial charge in [-0.1, -0.05) is 35.7 Å². The van der Waals surface area contributed by atoms with Crippen molar-refractivity contribution in [3.63, 3.8) is 0 Å². The van der Waals surface area contributed by atoms with Gasteiger partial charge in [-0.2, -0.15) is 0 Å². The highest BCUT2D eigenvalue weighted by Crippen LogP contribution is 2.15. The van der Waals surface area contributed by atoms with E-state index in [2.05, 4.69) is 27.1 Å². The molecule has 0 N–H and O–H groups in total. The fourth-order valence-electron chi connectivity index (χ4n) is 1.37. The summed E-state index contributed by atoms with van der Waals surface area (Å²) in [5.41, 5.74) is 1.01. The van der Waals surface area contributed by atoms with Crippen LogP contribution in [-0.2, 0) is 7.05 Å². The summed E-state index contributed by atoms with van der Waals surface area (Å²) in [6.07, 6.45) is 9.87. The van der Waals surface area contributed by atoms with Gasteiger partial charge in [-0.05, 0) is 13.0 Å². The summed E-state index contributed by atoms with van der Waals surface area (Å²) in [7, 11) is 2.00. The van der Waals surface area contributed by atoms with Crippen LogP contribution in [-0.4, -0.2) is 31.0 Å². The Morgan fingerprint density at radius 2 is 1.95 bits per heavy atom. The number of aryl methyl sites for hydroxylation is 2. The maximum absolute atomic E-state index is 4.34.